The van der Waals surface area contributed by atoms with Gasteiger partial charge in [-0.15, -0.1) is 0 Å². The predicted molar refractivity (Wildman–Crippen MR) is 27.6 cm³/mol. The van der Waals surface area contributed by atoms with Gasteiger partial charge in [-0.25, -0.2) is 16.8 Å². The minimum Gasteiger partial charge on any atom is -0.227 e. The summed E-state index contributed by atoms with van der Waals surface area (Å²) in [5, 5.41) is -1.31. The van der Waals surface area contributed by atoms with Gasteiger partial charge in [0.25, 0.3) is 0 Å². The van der Waals surface area contributed by atoms with Gasteiger partial charge < -0.3 is 0 Å². The zero-order valence-corrected chi connectivity index (χ0v) is 5.50. The fourth-order valence-corrected chi connectivity index (χ4v) is 4.61. The van der Waals surface area contributed by atoms with Crippen LogP contribution in [0.15, 0.2) is 0 Å². The summed E-state index contributed by atoms with van der Waals surface area (Å²) < 4.78 is 40.5. The van der Waals surface area contributed by atoms with Crippen LogP contribution in [0.3, 0.4) is 0 Å². The molecule has 0 unspecified atom stereocenters. The van der Waals surface area contributed by atoms with Crippen molar-refractivity contribution in [3.8, 4) is 0 Å². The summed E-state index contributed by atoms with van der Waals surface area (Å²) in [7, 11) is -6.35. The van der Waals surface area contributed by atoms with E-state index < -0.39 is 29.8 Å². The van der Waals surface area contributed by atoms with Crippen LogP contribution in [-0.2, 0) is 19.7 Å². The monoisotopic (exact) mass is 156 g/mol. The second kappa shape index (κ2) is 1.24. The molecule has 0 aliphatic carbocycles. The third-order valence-corrected chi connectivity index (χ3v) is 6.46. The molecule has 1 heterocycles. The minimum atomic E-state index is -3.18. The van der Waals surface area contributed by atoms with Crippen molar-refractivity contribution in [1.29, 1.82) is 0 Å². The van der Waals surface area contributed by atoms with Crippen molar-refractivity contribution in [2.75, 3.05) is 10.2 Å². The normalized spacial score (nSPS) is 31.0. The lowest BCUT2D eigenvalue weighted by Gasteiger charge is -2.11. The second-order valence-electron chi connectivity index (χ2n) is 1.72. The lowest BCUT2D eigenvalue weighted by Crippen LogP contribution is -2.35. The first-order valence-electron chi connectivity index (χ1n) is 1.82. The standard InChI is InChI=1S/C2H4O4S2/c3-7(4)1-8(5,6)2-7/h1-2H2. The van der Waals surface area contributed by atoms with Gasteiger partial charge in [0, 0.05) is 0 Å². The number of hydrogen-bond acceptors (Lipinski definition) is 4. The van der Waals surface area contributed by atoms with Crippen molar-refractivity contribution >= 4 is 19.7 Å². The Hall–Kier alpha value is -0.100. The van der Waals surface area contributed by atoms with E-state index in [0.29, 0.717) is 0 Å². The third-order valence-electron chi connectivity index (χ3n) is 0.718. The van der Waals surface area contributed by atoms with E-state index in [0.717, 1.165) is 0 Å². The Morgan fingerprint density at radius 1 is 0.750 bits per heavy atom. The molecule has 0 aromatic rings. The topological polar surface area (TPSA) is 68.3 Å². The highest BCUT2D eigenvalue weighted by Crippen LogP contribution is 2.13. The Morgan fingerprint density at radius 3 is 1.00 bits per heavy atom. The van der Waals surface area contributed by atoms with Crippen molar-refractivity contribution in [1.82, 2.24) is 0 Å². The van der Waals surface area contributed by atoms with Gasteiger partial charge in [-0.3, -0.25) is 0 Å². The van der Waals surface area contributed by atoms with Crippen molar-refractivity contribution in [2.45, 2.75) is 0 Å². The first kappa shape index (κ1) is 6.03. The van der Waals surface area contributed by atoms with E-state index in [1.807, 2.05) is 0 Å². The van der Waals surface area contributed by atoms with Crippen molar-refractivity contribution < 1.29 is 16.8 Å². The van der Waals surface area contributed by atoms with Gasteiger partial charge in [-0.2, -0.15) is 0 Å². The first-order chi connectivity index (χ1) is 3.41. The molecule has 0 atom stereocenters. The van der Waals surface area contributed by atoms with Crippen molar-refractivity contribution in [3.05, 3.63) is 0 Å². The van der Waals surface area contributed by atoms with Crippen LogP contribution in [0.2, 0.25) is 0 Å². The van der Waals surface area contributed by atoms with Crippen LogP contribution in [0, 0.1) is 0 Å². The fourth-order valence-electron chi connectivity index (χ4n) is 0.513. The molecule has 1 rings (SSSR count). The van der Waals surface area contributed by atoms with Gasteiger partial charge in [0.2, 0.25) is 0 Å². The molecule has 0 aromatic carbocycles. The third kappa shape index (κ3) is 1.00. The second-order valence-corrected chi connectivity index (χ2v) is 6.58. The van der Waals surface area contributed by atoms with E-state index in [1.54, 1.807) is 0 Å². The minimum absolute atomic E-state index is 0.653. The molecule has 0 spiro atoms. The Morgan fingerprint density at radius 2 is 1.00 bits per heavy atom. The largest absolute Gasteiger partial charge is 0.227 e. The first-order valence-corrected chi connectivity index (χ1v) is 5.46. The van der Waals surface area contributed by atoms with E-state index in [-0.39, 0.29) is 0 Å². The molecule has 1 aliphatic heterocycles. The Bertz CT molecular complexity index is 232. The maximum atomic E-state index is 10.1. The Labute approximate surface area is 47.3 Å². The highest BCUT2D eigenvalue weighted by atomic mass is 32.3. The summed E-state index contributed by atoms with van der Waals surface area (Å²) in [6.45, 7) is 0. The van der Waals surface area contributed by atoms with Crippen LogP contribution in [0.4, 0.5) is 0 Å². The zero-order valence-electron chi connectivity index (χ0n) is 3.86. The SMILES string of the molecule is O=S1(=O)CS(=O)(=O)C1. The van der Waals surface area contributed by atoms with Crippen LogP contribution < -0.4 is 0 Å². The molecule has 1 aliphatic rings. The summed E-state index contributed by atoms with van der Waals surface area (Å²) in [5.74, 6) is 0. The Balaban J connectivity index is 3.00. The van der Waals surface area contributed by atoms with Crippen molar-refractivity contribution in [2.24, 2.45) is 0 Å². The van der Waals surface area contributed by atoms with Gasteiger partial charge in [-0.05, 0) is 0 Å². The molecule has 8 heavy (non-hydrogen) atoms. The molecule has 0 aromatic heterocycles. The average Bonchev–Trinajstić information content (AvgIpc) is 1.20. The molecule has 0 saturated carbocycles. The van der Waals surface area contributed by atoms with Gasteiger partial charge in [-0.1, -0.05) is 0 Å². The summed E-state index contributed by atoms with van der Waals surface area (Å²) in [5.41, 5.74) is 0. The molecule has 1 fully saturated rings. The molecule has 0 N–H and O–H groups in total. The zero-order chi connectivity index (χ0) is 6.41. The maximum absolute atomic E-state index is 10.1. The van der Waals surface area contributed by atoms with Gasteiger partial charge in [0.05, 0.1) is 0 Å². The van der Waals surface area contributed by atoms with Crippen LogP contribution in [-0.4, -0.2) is 27.0 Å². The fraction of sp³-hybridized carbons (Fsp3) is 1.00. The summed E-state index contributed by atoms with van der Waals surface area (Å²) in [6, 6.07) is 0. The van der Waals surface area contributed by atoms with Gasteiger partial charge >= 0.3 is 0 Å². The van der Waals surface area contributed by atoms with Crippen molar-refractivity contribution in [3.63, 3.8) is 0 Å². The summed E-state index contributed by atoms with van der Waals surface area (Å²) in [6.07, 6.45) is 0. The van der Waals surface area contributed by atoms with E-state index in [4.69, 9.17) is 0 Å². The van der Waals surface area contributed by atoms with Crippen LogP contribution in [0.25, 0.3) is 0 Å². The lowest BCUT2D eigenvalue weighted by molar-refractivity contribution is 0.579. The average molecular weight is 156 g/mol. The molecule has 6 heteroatoms. The molecule has 1 saturated heterocycles. The van der Waals surface area contributed by atoms with Crippen LogP contribution >= 0.6 is 0 Å². The lowest BCUT2D eigenvalue weighted by atomic mass is 11.8. The number of hydrogen-bond donors (Lipinski definition) is 0. The van der Waals surface area contributed by atoms with Gasteiger partial charge in [0.15, 0.2) is 29.8 Å². The molecular formula is C2H4O4S2. The predicted octanol–water partition coefficient (Wildman–Crippen LogP) is -1.26. The van der Waals surface area contributed by atoms with Crippen LogP contribution in [0.5, 0.6) is 0 Å². The molecular weight excluding hydrogens is 152 g/mol. The van der Waals surface area contributed by atoms with Crippen LogP contribution in [0.1, 0.15) is 0 Å². The molecule has 0 bridgehead atoms. The van der Waals surface area contributed by atoms with E-state index in [2.05, 4.69) is 0 Å². The van der Waals surface area contributed by atoms with Gasteiger partial charge in [0.1, 0.15) is 0 Å². The molecule has 48 valence electrons. The highest BCUT2D eigenvalue weighted by Gasteiger charge is 2.37. The summed E-state index contributed by atoms with van der Waals surface area (Å²) >= 11 is 0. The van der Waals surface area contributed by atoms with E-state index in [9.17, 15) is 16.8 Å². The number of rotatable bonds is 0. The highest BCUT2D eigenvalue weighted by molar-refractivity contribution is 8.23. The Kier molecular flexibility index (Phi) is 0.936. The molecule has 4 nitrogen and oxygen atoms in total. The quantitative estimate of drug-likeness (QED) is 0.439. The maximum Gasteiger partial charge on any atom is 0.179 e. The smallest absolute Gasteiger partial charge is 0.179 e. The van der Waals surface area contributed by atoms with E-state index in [1.165, 1.54) is 0 Å². The van der Waals surface area contributed by atoms with E-state index >= 15 is 0 Å². The summed E-state index contributed by atoms with van der Waals surface area (Å²) in [4.78, 5) is 0. The molecule has 0 amide bonds. The molecule has 0 radical (unpaired) electrons. The number of sulfone groups is 2.